The second-order valence-electron chi connectivity index (χ2n) is 5.18. The number of halogens is 2. The first kappa shape index (κ1) is 14.1. The van der Waals surface area contributed by atoms with E-state index in [9.17, 15) is 13.6 Å². The van der Waals surface area contributed by atoms with Crippen molar-refractivity contribution in [3.05, 3.63) is 35.4 Å². The van der Waals surface area contributed by atoms with Gasteiger partial charge < -0.3 is 0 Å². The molecule has 1 saturated carbocycles. The molecule has 2 rings (SSSR count). The minimum absolute atomic E-state index is 0.153. The van der Waals surface area contributed by atoms with Crippen molar-refractivity contribution in [3.8, 4) is 0 Å². The Hall–Kier alpha value is -1.29. The smallest absolute Gasteiger partial charge is 0.176 e. The number of likely N-dealkylation sites (N-methyl/N-ethyl adjacent to an activating group) is 1. The minimum Gasteiger partial charge on any atom is -0.296 e. The van der Waals surface area contributed by atoms with Gasteiger partial charge in [-0.3, -0.25) is 9.69 Å². The first-order valence-corrected chi connectivity index (χ1v) is 6.80. The number of benzene rings is 1. The monoisotopic (exact) mass is 267 g/mol. The quantitative estimate of drug-likeness (QED) is 0.737. The molecule has 0 N–H and O–H groups in total. The molecule has 2 nitrogen and oxygen atoms in total. The minimum atomic E-state index is -0.965. The molecule has 0 spiro atoms. The molecule has 0 saturated heterocycles. The average Bonchev–Trinajstić information content (AvgIpc) is 2.35. The maximum atomic E-state index is 13.1. The van der Waals surface area contributed by atoms with Crippen LogP contribution in [-0.2, 0) is 0 Å². The molecule has 0 unspecified atom stereocenters. The van der Waals surface area contributed by atoms with Gasteiger partial charge in [-0.25, -0.2) is 8.78 Å². The van der Waals surface area contributed by atoms with Gasteiger partial charge in [-0.15, -0.1) is 0 Å². The third-order valence-corrected chi connectivity index (χ3v) is 3.80. The lowest BCUT2D eigenvalue weighted by Crippen LogP contribution is -2.36. The van der Waals surface area contributed by atoms with E-state index in [2.05, 4.69) is 4.90 Å². The number of hydrogen-bond donors (Lipinski definition) is 0. The third kappa shape index (κ3) is 3.60. The number of carbonyl (C=O) groups is 1. The normalized spacial score (nSPS) is 15.6. The molecule has 1 aromatic carbocycles. The fourth-order valence-corrected chi connectivity index (χ4v) is 2.31. The Morgan fingerprint density at radius 1 is 1.32 bits per heavy atom. The van der Waals surface area contributed by atoms with E-state index in [-0.39, 0.29) is 17.9 Å². The molecule has 1 aliphatic carbocycles. The van der Waals surface area contributed by atoms with E-state index in [1.54, 1.807) is 0 Å². The molecule has 19 heavy (non-hydrogen) atoms. The number of Topliss-reactive ketones (excluding diaryl/α,β-unsaturated/α-hetero) is 1. The number of hydrogen-bond acceptors (Lipinski definition) is 2. The van der Waals surface area contributed by atoms with Crippen molar-refractivity contribution in [1.82, 2.24) is 4.90 Å². The SMILES string of the molecule is CCN(CC(=O)c1ccc(F)c(F)c1)CC1CCC1. The van der Waals surface area contributed by atoms with Crippen LogP contribution in [0.3, 0.4) is 0 Å². The summed E-state index contributed by atoms with van der Waals surface area (Å²) in [5.41, 5.74) is 0.242. The van der Waals surface area contributed by atoms with Gasteiger partial charge in [0.15, 0.2) is 17.4 Å². The highest BCUT2D eigenvalue weighted by atomic mass is 19.2. The van der Waals surface area contributed by atoms with Gasteiger partial charge in [-0.1, -0.05) is 13.3 Å². The highest BCUT2D eigenvalue weighted by Gasteiger charge is 2.21. The fourth-order valence-electron chi connectivity index (χ4n) is 2.31. The molecule has 0 heterocycles. The Morgan fingerprint density at radius 2 is 2.05 bits per heavy atom. The zero-order valence-electron chi connectivity index (χ0n) is 11.2. The van der Waals surface area contributed by atoms with E-state index in [4.69, 9.17) is 0 Å². The summed E-state index contributed by atoms with van der Waals surface area (Å²) in [6.07, 6.45) is 3.74. The summed E-state index contributed by atoms with van der Waals surface area (Å²) < 4.78 is 25.9. The second kappa shape index (κ2) is 6.24. The topological polar surface area (TPSA) is 20.3 Å². The molecule has 4 heteroatoms. The standard InChI is InChI=1S/C15H19F2NO/c1-2-18(9-11-4-3-5-11)10-15(19)12-6-7-13(16)14(17)8-12/h6-8,11H,2-5,9-10H2,1H3. The van der Waals surface area contributed by atoms with Gasteiger partial charge in [0, 0.05) is 12.1 Å². The first-order valence-electron chi connectivity index (χ1n) is 6.80. The van der Waals surface area contributed by atoms with E-state index < -0.39 is 11.6 Å². The maximum Gasteiger partial charge on any atom is 0.176 e. The van der Waals surface area contributed by atoms with E-state index in [1.807, 2.05) is 6.92 Å². The summed E-state index contributed by atoms with van der Waals surface area (Å²) in [5, 5.41) is 0. The van der Waals surface area contributed by atoms with Crippen LogP contribution in [0.25, 0.3) is 0 Å². The highest BCUT2D eigenvalue weighted by Crippen LogP contribution is 2.27. The van der Waals surface area contributed by atoms with Crippen molar-refractivity contribution in [3.63, 3.8) is 0 Å². The molecule has 104 valence electrons. The molecule has 0 atom stereocenters. The van der Waals surface area contributed by atoms with Crippen LogP contribution < -0.4 is 0 Å². The molecule has 1 aromatic rings. The zero-order chi connectivity index (χ0) is 13.8. The third-order valence-electron chi connectivity index (χ3n) is 3.80. The Bertz CT molecular complexity index is 457. The van der Waals surface area contributed by atoms with Crippen molar-refractivity contribution in [2.75, 3.05) is 19.6 Å². The summed E-state index contributed by atoms with van der Waals surface area (Å²) in [4.78, 5) is 14.1. The van der Waals surface area contributed by atoms with Gasteiger partial charge in [0.25, 0.3) is 0 Å². The molecule has 0 bridgehead atoms. The second-order valence-corrected chi connectivity index (χ2v) is 5.18. The van der Waals surface area contributed by atoms with E-state index in [0.29, 0.717) is 5.92 Å². The molecule has 0 amide bonds. The Labute approximate surface area is 112 Å². The van der Waals surface area contributed by atoms with Crippen LogP contribution in [0.4, 0.5) is 8.78 Å². The Morgan fingerprint density at radius 3 is 2.58 bits per heavy atom. The van der Waals surface area contributed by atoms with Crippen LogP contribution in [0.15, 0.2) is 18.2 Å². The van der Waals surface area contributed by atoms with Gasteiger partial charge in [0.2, 0.25) is 0 Å². The molecule has 1 aliphatic rings. The van der Waals surface area contributed by atoms with Crippen molar-refractivity contribution >= 4 is 5.78 Å². The van der Waals surface area contributed by atoms with E-state index >= 15 is 0 Å². The van der Waals surface area contributed by atoms with Crippen LogP contribution in [0.1, 0.15) is 36.5 Å². The summed E-state index contributed by atoms with van der Waals surface area (Å²) in [6, 6.07) is 3.33. The molecule has 0 aliphatic heterocycles. The van der Waals surface area contributed by atoms with Crippen LogP contribution in [0.5, 0.6) is 0 Å². The number of ketones is 1. The first-order chi connectivity index (χ1) is 9.10. The predicted molar refractivity (Wildman–Crippen MR) is 70.1 cm³/mol. The summed E-state index contributed by atoms with van der Waals surface area (Å²) in [5.74, 6) is -1.34. The average molecular weight is 267 g/mol. The Kier molecular flexibility index (Phi) is 4.64. The molecule has 0 aromatic heterocycles. The lowest BCUT2D eigenvalue weighted by atomic mass is 9.85. The number of rotatable bonds is 6. The maximum absolute atomic E-state index is 13.1. The van der Waals surface area contributed by atoms with Crippen LogP contribution >= 0.6 is 0 Å². The van der Waals surface area contributed by atoms with Crippen molar-refractivity contribution < 1.29 is 13.6 Å². The van der Waals surface area contributed by atoms with Gasteiger partial charge in [0.1, 0.15) is 0 Å². The van der Waals surface area contributed by atoms with Crippen molar-refractivity contribution in [2.24, 2.45) is 5.92 Å². The molecule has 0 radical (unpaired) electrons. The predicted octanol–water partition coefficient (Wildman–Crippen LogP) is 3.27. The summed E-state index contributed by atoms with van der Waals surface area (Å²) in [6.45, 7) is 4.01. The summed E-state index contributed by atoms with van der Waals surface area (Å²) in [7, 11) is 0. The van der Waals surface area contributed by atoms with Gasteiger partial charge >= 0.3 is 0 Å². The number of nitrogens with zero attached hydrogens (tertiary/aromatic N) is 1. The Balaban J connectivity index is 1.95. The molecule has 1 fully saturated rings. The fraction of sp³-hybridized carbons (Fsp3) is 0.533. The molecular formula is C15H19F2NO. The van der Waals surface area contributed by atoms with Gasteiger partial charge in [-0.2, -0.15) is 0 Å². The van der Waals surface area contributed by atoms with Crippen LogP contribution in [-0.4, -0.2) is 30.3 Å². The summed E-state index contributed by atoms with van der Waals surface area (Å²) >= 11 is 0. The lowest BCUT2D eigenvalue weighted by Gasteiger charge is -2.31. The highest BCUT2D eigenvalue weighted by molar-refractivity contribution is 5.97. The molecular weight excluding hydrogens is 248 g/mol. The largest absolute Gasteiger partial charge is 0.296 e. The zero-order valence-corrected chi connectivity index (χ0v) is 11.2. The van der Waals surface area contributed by atoms with Gasteiger partial charge in [0.05, 0.1) is 6.54 Å². The van der Waals surface area contributed by atoms with Crippen LogP contribution in [0, 0.1) is 17.6 Å². The van der Waals surface area contributed by atoms with Crippen molar-refractivity contribution in [1.29, 1.82) is 0 Å². The van der Waals surface area contributed by atoms with E-state index in [1.165, 1.54) is 25.3 Å². The van der Waals surface area contributed by atoms with Crippen LogP contribution in [0.2, 0.25) is 0 Å². The van der Waals surface area contributed by atoms with Crippen molar-refractivity contribution in [2.45, 2.75) is 26.2 Å². The van der Waals surface area contributed by atoms with E-state index in [0.717, 1.165) is 25.2 Å². The van der Waals surface area contributed by atoms with Gasteiger partial charge in [-0.05, 0) is 43.5 Å². The lowest BCUT2D eigenvalue weighted by molar-refractivity contribution is 0.0904. The number of carbonyl (C=O) groups excluding carboxylic acids is 1.